The van der Waals surface area contributed by atoms with Gasteiger partial charge in [-0.3, -0.25) is 0 Å². The summed E-state index contributed by atoms with van der Waals surface area (Å²) in [7, 11) is 0. The Hall–Kier alpha value is 0.270. The molecule has 2 bridgehead atoms. The first-order valence-electron chi connectivity index (χ1n) is 6.41. The zero-order valence-corrected chi connectivity index (χ0v) is 10.4. The largest absolute Gasteiger partial charge is 0.309 e. The van der Waals surface area contributed by atoms with Crippen LogP contribution in [0.5, 0.6) is 0 Å². The molecule has 0 amide bonds. The highest BCUT2D eigenvalue weighted by atomic mass is 32.2. The molecule has 0 radical (unpaired) electrons. The minimum absolute atomic E-state index is 0.801. The standard InChI is InChI=1S/C12H22N2S/c1-9-6-11(8-15-9)13-12-7-14-4-2-10(12)3-5-14/h9-13H,2-8H2,1H3. The summed E-state index contributed by atoms with van der Waals surface area (Å²) in [4.78, 5) is 2.64. The highest BCUT2D eigenvalue weighted by Gasteiger charge is 2.35. The number of nitrogens with one attached hydrogen (secondary N) is 1. The monoisotopic (exact) mass is 226 g/mol. The van der Waals surface area contributed by atoms with E-state index in [1.54, 1.807) is 0 Å². The maximum absolute atomic E-state index is 3.92. The van der Waals surface area contributed by atoms with Gasteiger partial charge in [0.15, 0.2) is 0 Å². The smallest absolute Gasteiger partial charge is 0.0227 e. The van der Waals surface area contributed by atoms with E-state index in [1.165, 1.54) is 44.6 Å². The van der Waals surface area contributed by atoms with E-state index in [1.807, 2.05) is 0 Å². The minimum atomic E-state index is 0.801. The first kappa shape index (κ1) is 10.4. The number of nitrogens with zero attached hydrogens (tertiary/aromatic N) is 1. The second-order valence-electron chi connectivity index (χ2n) is 5.49. The topological polar surface area (TPSA) is 15.3 Å². The molecule has 4 aliphatic heterocycles. The van der Waals surface area contributed by atoms with E-state index in [0.29, 0.717) is 0 Å². The van der Waals surface area contributed by atoms with Crippen LogP contribution in [0.3, 0.4) is 0 Å². The summed E-state index contributed by atoms with van der Waals surface area (Å²) in [6.45, 7) is 6.40. The fraction of sp³-hybridized carbons (Fsp3) is 1.00. The Bertz CT molecular complexity index is 226. The molecule has 3 heteroatoms. The highest BCUT2D eigenvalue weighted by Crippen LogP contribution is 2.31. The molecule has 3 atom stereocenters. The second kappa shape index (κ2) is 4.27. The van der Waals surface area contributed by atoms with Crippen LogP contribution in [-0.2, 0) is 0 Å². The van der Waals surface area contributed by atoms with Crippen LogP contribution in [0.2, 0.25) is 0 Å². The molecule has 4 saturated heterocycles. The van der Waals surface area contributed by atoms with Crippen molar-refractivity contribution in [3.8, 4) is 0 Å². The number of hydrogen-bond donors (Lipinski definition) is 1. The number of rotatable bonds is 2. The fourth-order valence-electron chi connectivity index (χ4n) is 3.39. The molecule has 0 aromatic rings. The molecule has 4 fully saturated rings. The van der Waals surface area contributed by atoms with E-state index in [2.05, 4.69) is 28.9 Å². The molecule has 0 aliphatic carbocycles. The summed E-state index contributed by atoms with van der Waals surface area (Å²) in [5.41, 5.74) is 0. The van der Waals surface area contributed by atoms with Crippen LogP contribution in [0.25, 0.3) is 0 Å². The molecule has 3 unspecified atom stereocenters. The van der Waals surface area contributed by atoms with Gasteiger partial charge in [0.2, 0.25) is 0 Å². The number of hydrogen-bond acceptors (Lipinski definition) is 3. The van der Waals surface area contributed by atoms with Gasteiger partial charge in [-0.2, -0.15) is 11.8 Å². The number of piperidine rings is 3. The third-order valence-corrected chi connectivity index (χ3v) is 5.66. The van der Waals surface area contributed by atoms with Gasteiger partial charge < -0.3 is 10.2 Å². The molecule has 86 valence electrons. The van der Waals surface area contributed by atoms with Crippen LogP contribution in [0.15, 0.2) is 0 Å². The Morgan fingerprint density at radius 1 is 1.27 bits per heavy atom. The maximum Gasteiger partial charge on any atom is 0.0227 e. The lowest BCUT2D eigenvalue weighted by Gasteiger charge is -2.46. The molecule has 0 saturated carbocycles. The molecule has 0 aromatic heterocycles. The first-order valence-corrected chi connectivity index (χ1v) is 7.46. The third kappa shape index (κ3) is 2.20. The van der Waals surface area contributed by atoms with Crippen molar-refractivity contribution in [3.63, 3.8) is 0 Å². The van der Waals surface area contributed by atoms with Crippen molar-refractivity contribution in [2.24, 2.45) is 5.92 Å². The van der Waals surface area contributed by atoms with Crippen LogP contribution < -0.4 is 5.32 Å². The zero-order chi connectivity index (χ0) is 10.3. The van der Waals surface area contributed by atoms with Crippen molar-refractivity contribution in [1.29, 1.82) is 0 Å². The van der Waals surface area contributed by atoms with Gasteiger partial charge in [0.25, 0.3) is 0 Å². The second-order valence-corrected chi connectivity index (χ2v) is 6.96. The van der Waals surface area contributed by atoms with Crippen molar-refractivity contribution >= 4 is 11.8 Å². The van der Waals surface area contributed by atoms with E-state index in [-0.39, 0.29) is 0 Å². The quantitative estimate of drug-likeness (QED) is 0.769. The minimum Gasteiger partial charge on any atom is -0.309 e. The average molecular weight is 226 g/mol. The Morgan fingerprint density at radius 2 is 2.07 bits per heavy atom. The molecule has 15 heavy (non-hydrogen) atoms. The van der Waals surface area contributed by atoms with Crippen molar-refractivity contribution in [3.05, 3.63) is 0 Å². The van der Waals surface area contributed by atoms with Gasteiger partial charge in [-0.05, 0) is 38.3 Å². The summed E-state index contributed by atoms with van der Waals surface area (Å²) in [5, 5.41) is 4.80. The molecule has 4 heterocycles. The molecule has 0 aromatic carbocycles. The van der Waals surface area contributed by atoms with Crippen LogP contribution >= 0.6 is 11.8 Å². The van der Waals surface area contributed by atoms with Crippen molar-refractivity contribution < 1.29 is 0 Å². The Balaban J connectivity index is 1.55. The summed E-state index contributed by atoms with van der Waals surface area (Å²) >= 11 is 2.14. The lowest BCUT2D eigenvalue weighted by atomic mass is 9.83. The highest BCUT2D eigenvalue weighted by molar-refractivity contribution is 8.00. The SMILES string of the molecule is CC1CC(NC2CN3CCC2CC3)CS1. The Kier molecular flexibility index (Phi) is 2.97. The predicted octanol–water partition coefficient (Wildman–Crippen LogP) is 1.56. The van der Waals surface area contributed by atoms with E-state index in [0.717, 1.165) is 23.3 Å². The normalized spacial score (nSPS) is 49.8. The van der Waals surface area contributed by atoms with Gasteiger partial charge in [-0.25, -0.2) is 0 Å². The summed E-state index contributed by atoms with van der Waals surface area (Å²) < 4.78 is 0. The number of thioether (sulfide) groups is 1. The van der Waals surface area contributed by atoms with Gasteiger partial charge in [-0.15, -0.1) is 0 Å². The fourth-order valence-corrected chi connectivity index (χ4v) is 4.55. The van der Waals surface area contributed by atoms with Gasteiger partial charge in [0.05, 0.1) is 0 Å². The maximum atomic E-state index is 3.92. The van der Waals surface area contributed by atoms with E-state index in [9.17, 15) is 0 Å². The zero-order valence-electron chi connectivity index (χ0n) is 9.61. The van der Waals surface area contributed by atoms with Gasteiger partial charge in [0.1, 0.15) is 0 Å². The molecule has 0 spiro atoms. The van der Waals surface area contributed by atoms with Crippen LogP contribution in [-0.4, -0.2) is 47.6 Å². The lowest BCUT2D eigenvalue weighted by Crippen LogP contribution is -2.58. The summed E-state index contributed by atoms with van der Waals surface area (Å²) in [6.07, 6.45) is 4.26. The lowest BCUT2D eigenvalue weighted by molar-refractivity contribution is 0.0682. The van der Waals surface area contributed by atoms with E-state index < -0.39 is 0 Å². The molecular formula is C12H22N2S. The van der Waals surface area contributed by atoms with Crippen molar-refractivity contribution in [2.75, 3.05) is 25.4 Å². The van der Waals surface area contributed by atoms with Gasteiger partial charge in [0, 0.05) is 29.6 Å². The third-order valence-electron chi connectivity index (χ3n) is 4.30. The predicted molar refractivity (Wildman–Crippen MR) is 66.4 cm³/mol. The molecule has 1 N–H and O–H groups in total. The average Bonchev–Trinajstić information content (AvgIpc) is 2.66. The van der Waals surface area contributed by atoms with E-state index in [4.69, 9.17) is 0 Å². The van der Waals surface area contributed by atoms with Crippen molar-refractivity contribution in [2.45, 2.75) is 43.5 Å². The molecule has 4 aliphatic rings. The first-order chi connectivity index (χ1) is 7.31. The van der Waals surface area contributed by atoms with Crippen LogP contribution in [0.4, 0.5) is 0 Å². The van der Waals surface area contributed by atoms with Crippen molar-refractivity contribution in [1.82, 2.24) is 10.2 Å². The summed E-state index contributed by atoms with van der Waals surface area (Å²) in [5.74, 6) is 2.32. The molecular weight excluding hydrogens is 204 g/mol. The van der Waals surface area contributed by atoms with Crippen LogP contribution in [0.1, 0.15) is 26.2 Å². The van der Waals surface area contributed by atoms with Gasteiger partial charge >= 0.3 is 0 Å². The number of fused-ring (bicyclic) bond motifs is 3. The summed E-state index contributed by atoms with van der Waals surface area (Å²) in [6, 6.07) is 1.61. The van der Waals surface area contributed by atoms with Gasteiger partial charge in [-0.1, -0.05) is 6.92 Å². The van der Waals surface area contributed by atoms with E-state index >= 15 is 0 Å². The molecule has 2 nitrogen and oxygen atoms in total. The van der Waals surface area contributed by atoms with Crippen LogP contribution in [0, 0.1) is 5.92 Å². The Morgan fingerprint density at radius 3 is 2.60 bits per heavy atom. The molecule has 4 rings (SSSR count). The Labute approximate surface area is 97.2 Å².